The molecule has 1 amide bonds. The van der Waals surface area contributed by atoms with Gasteiger partial charge in [-0.15, -0.1) is 0 Å². The van der Waals surface area contributed by atoms with Crippen molar-refractivity contribution >= 4 is 11.9 Å². The molecule has 0 aliphatic heterocycles. The molecule has 0 heterocycles. The fourth-order valence-electron chi connectivity index (χ4n) is 2.17. The van der Waals surface area contributed by atoms with E-state index in [0.29, 0.717) is 17.4 Å². The molecule has 0 bridgehead atoms. The van der Waals surface area contributed by atoms with E-state index in [9.17, 15) is 18.0 Å². The third kappa shape index (κ3) is 7.45. The van der Waals surface area contributed by atoms with E-state index in [0.717, 1.165) is 12.6 Å². The number of nitrogens with one attached hydrogen (secondary N) is 2. The van der Waals surface area contributed by atoms with E-state index in [2.05, 4.69) is 29.5 Å². The Morgan fingerprint density at radius 2 is 1.76 bits per heavy atom. The third-order valence-electron chi connectivity index (χ3n) is 3.73. The first-order chi connectivity index (χ1) is 11.5. The van der Waals surface area contributed by atoms with Crippen molar-refractivity contribution in [2.45, 2.75) is 25.4 Å². The summed E-state index contributed by atoms with van der Waals surface area (Å²) in [4.78, 5) is 16.4. The number of halogens is 3. The van der Waals surface area contributed by atoms with Gasteiger partial charge in [0.1, 0.15) is 6.54 Å². The van der Waals surface area contributed by atoms with Gasteiger partial charge in [-0.2, -0.15) is 13.2 Å². The fourth-order valence-corrected chi connectivity index (χ4v) is 2.17. The van der Waals surface area contributed by atoms with Crippen molar-refractivity contribution < 1.29 is 18.0 Å². The molecule has 1 aromatic carbocycles. The van der Waals surface area contributed by atoms with E-state index in [1.165, 1.54) is 7.05 Å². The summed E-state index contributed by atoms with van der Waals surface area (Å²) in [5.74, 6) is -0.305. The van der Waals surface area contributed by atoms with Gasteiger partial charge in [0.05, 0.1) is 6.54 Å². The molecule has 0 saturated carbocycles. The molecule has 0 fully saturated rings. The quantitative estimate of drug-likeness (QED) is 0.605. The van der Waals surface area contributed by atoms with Gasteiger partial charge in [0.2, 0.25) is 5.91 Å². The molecule has 25 heavy (non-hydrogen) atoms. The van der Waals surface area contributed by atoms with E-state index < -0.39 is 18.6 Å². The van der Waals surface area contributed by atoms with Gasteiger partial charge in [-0.1, -0.05) is 44.2 Å². The summed E-state index contributed by atoms with van der Waals surface area (Å²) in [7, 11) is 2.65. The van der Waals surface area contributed by atoms with Gasteiger partial charge in [-0.25, -0.2) is 0 Å². The van der Waals surface area contributed by atoms with Crippen molar-refractivity contribution in [2.75, 3.05) is 33.7 Å². The minimum atomic E-state index is -4.41. The predicted molar refractivity (Wildman–Crippen MR) is 92.5 cm³/mol. The molecule has 1 aromatic rings. The van der Waals surface area contributed by atoms with E-state index in [4.69, 9.17) is 0 Å². The Hall–Kier alpha value is -2.25. The lowest BCUT2D eigenvalue weighted by molar-refractivity contribution is -0.157. The first-order valence-corrected chi connectivity index (χ1v) is 7.86. The Morgan fingerprint density at radius 1 is 1.16 bits per heavy atom. The van der Waals surface area contributed by atoms with Crippen LogP contribution in [0.25, 0.3) is 0 Å². The van der Waals surface area contributed by atoms with Crippen LogP contribution in [0.5, 0.6) is 0 Å². The second kappa shape index (κ2) is 8.73. The van der Waals surface area contributed by atoms with Crippen molar-refractivity contribution in [2.24, 2.45) is 4.99 Å². The summed E-state index contributed by atoms with van der Waals surface area (Å²) < 4.78 is 36.9. The highest BCUT2D eigenvalue weighted by Crippen LogP contribution is 2.21. The molecular weight excluding hydrogens is 333 g/mol. The maximum absolute atomic E-state index is 12.3. The fraction of sp³-hybridized carbons (Fsp3) is 0.529. The highest BCUT2D eigenvalue weighted by molar-refractivity contribution is 5.86. The molecule has 0 radical (unpaired) electrons. The third-order valence-corrected chi connectivity index (χ3v) is 3.73. The van der Waals surface area contributed by atoms with Crippen molar-refractivity contribution in [1.82, 2.24) is 15.5 Å². The summed E-state index contributed by atoms with van der Waals surface area (Å²) in [6.07, 6.45) is -4.41. The topological polar surface area (TPSA) is 56.7 Å². The van der Waals surface area contributed by atoms with Crippen LogP contribution in [0.15, 0.2) is 35.3 Å². The molecule has 5 nitrogen and oxygen atoms in total. The number of hydrogen-bond acceptors (Lipinski definition) is 2. The van der Waals surface area contributed by atoms with Crippen LogP contribution in [-0.4, -0.2) is 56.7 Å². The van der Waals surface area contributed by atoms with Crippen LogP contribution in [0.3, 0.4) is 0 Å². The molecule has 0 atom stereocenters. The summed E-state index contributed by atoms with van der Waals surface area (Å²) >= 11 is 0. The molecule has 0 aliphatic rings. The zero-order valence-corrected chi connectivity index (χ0v) is 14.9. The van der Waals surface area contributed by atoms with Gasteiger partial charge in [0.15, 0.2) is 5.96 Å². The monoisotopic (exact) mass is 358 g/mol. The van der Waals surface area contributed by atoms with E-state index in [1.54, 1.807) is 0 Å². The van der Waals surface area contributed by atoms with E-state index in [-0.39, 0.29) is 12.0 Å². The number of amides is 1. The second-order valence-corrected chi connectivity index (χ2v) is 6.39. The number of alkyl halides is 3. The molecule has 0 spiro atoms. The molecule has 0 aromatic heterocycles. The van der Waals surface area contributed by atoms with Gasteiger partial charge < -0.3 is 15.5 Å². The van der Waals surface area contributed by atoms with Gasteiger partial charge in [0.25, 0.3) is 0 Å². The average Bonchev–Trinajstić information content (AvgIpc) is 2.54. The van der Waals surface area contributed by atoms with Crippen LogP contribution < -0.4 is 10.6 Å². The number of carbonyl (C=O) groups excluding carboxylic acids is 1. The molecule has 1 rings (SSSR count). The van der Waals surface area contributed by atoms with Crippen LogP contribution in [0.1, 0.15) is 19.4 Å². The molecule has 0 saturated heterocycles. The van der Waals surface area contributed by atoms with Crippen molar-refractivity contribution in [3.63, 3.8) is 0 Å². The van der Waals surface area contributed by atoms with E-state index >= 15 is 0 Å². The Morgan fingerprint density at radius 3 is 2.28 bits per heavy atom. The Labute approximate surface area is 146 Å². The first kappa shape index (κ1) is 20.8. The Balaban J connectivity index is 2.51. The number of rotatable bonds is 6. The average molecular weight is 358 g/mol. The second-order valence-electron chi connectivity index (χ2n) is 6.39. The zero-order chi connectivity index (χ0) is 19.1. The summed E-state index contributed by atoms with van der Waals surface area (Å²) in [6.45, 7) is 3.12. The van der Waals surface area contributed by atoms with Gasteiger partial charge in [0, 0.05) is 26.1 Å². The summed E-state index contributed by atoms with van der Waals surface area (Å²) in [5.41, 5.74) is 0.953. The Kier molecular flexibility index (Phi) is 7.26. The largest absolute Gasteiger partial charge is 0.406 e. The molecular formula is C17H25F3N4O. The first-order valence-electron chi connectivity index (χ1n) is 7.86. The molecule has 8 heteroatoms. The normalized spacial score (nSPS) is 12.7. The highest BCUT2D eigenvalue weighted by atomic mass is 19.4. The number of nitrogens with zero attached hydrogens (tertiary/aromatic N) is 2. The van der Waals surface area contributed by atoms with Gasteiger partial charge >= 0.3 is 6.18 Å². The highest BCUT2D eigenvalue weighted by Gasteiger charge is 2.31. The standard InChI is InChI=1S/C17H25F3N4O/c1-16(2,13-8-6-5-7-9-13)11-23-15(21-3)22-10-14(25)24(4)12-17(18,19)20/h5-9H,10-12H2,1-4H3,(H2,21,22,23). The minimum absolute atomic E-state index is 0.185. The number of carbonyl (C=O) groups is 1. The van der Waals surface area contributed by atoms with E-state index in [1.807, 2.05) is 30.3 Å². The van der Waals surface area contributed by atoms with Crippen LogP contribution in [0, 0.1) is 0 Å². The van der Waals surface area contributed by atoms with Crippen molar-refractivity contribution in [3.8, 4) is 0 Å². The van der Waals surface area contributed by atoms with Crippen LogP contribution >= 0.6 is 0 Å². The molecule has 140 valence electrons. The van der Waals surface area contributed by atoms with Gasteiger partial charge in [-0.05, 0) is 5.56 Å². The van der Waals surface area contributed by atoms with Crippen LogP contribution in [-0.2, 0) is 10.2 Å². The summed E-state index contributed by atoms with van der Waals surface area (Å²) in [6, 6.07) is 9.90. The minimum Gasteiger partial charge on any atom is -0.356 e. The number of aliphatic imine (C=N–C) groups is 1. The predicted octanol–water partition coefficient (Wildman–Crippen LogP) is 2.15. The van der Waals surface area contributed by atoms with Crippen molar-refractivity contribution in [1.29, 1.82) is 0 Å². The van der Waals surface area contributed by atoms with Crippen molar-refractivity contribution in [3.05, 3.63) is 35.9 Å². The number of likely N-dealkylation sites (N-methyl/N-ethyl adjacent to an activating group) is 1. The maximum atomic E-state index is 12.3. The van der Waals surface area contributed by atoms with Crippen LogP contribution in [0.2, 0.25) is 0 Å². The molecule has 0 aliphatic carbocycles. The lowest BCUT2D eigenvalue weighted by atomic mass is 9.85. The number of benzene rings is 1. The van der Waals surface area contributed by atoms with Crippen LogP contribution in [0.4, 0.5) is 13.2 Å². The lowest BCUT2D eigenvalue weighted by Gasteiger charge is -2.27. The smallest absolute Gasteiger partial charge is 0.356 e. The number of hydrogen-bond donors (Lipinski definition) is 2. The molecule has 2 N–H and O–H groups in total. The lowest BCUT2D eigenvalue weighted by Crippen LogP contribution is -2.47. The molecule has 0 unspecified atom stereocenters. The summed E-state index contributed by atoms with van der Waals surface area (Å²) in [5, 5.41) is 5.84. The Bertz CT molecular complexity index is 585. The SMILES string of the molecule is CN=C(NCC(=O)N(C)CC(F)(F)F)NCC(C)(C)c1ccccc1. The maximum Gasteiger partial charge on any atom is 0.406 e. The van der Waals surface area contributed by atoms with Gasteiger partial charge in [-0.3, -0.25) is 9.79 Å². The zero-order valence-electron chi connectivity index (χ0n) is 14.9. The number of guanidine groups is 1.